The third-order valence-electron chi connectivity index (χ3n) is 5.46. The minimum atomic E-state index is 0.192. The number of benzene rings is 2. The smallest absolute Gasteiger partial charge is 0.115 e. The zero-order chi connectivity index (χ0) is 16.6. The fourth-order valence-electron chi connectivity index (χ4n) is 4.66. The van der Waals surface area contributed by atoms with Crippen LogP contribution in [-0.4, -0.2) is 10.2 Å². The highest BCUT2D eigenvalue weighted by molar-refractivity contribution is 5.33. The van der Waals surface area contributed by atoms with Gasteiger partial charge in [-0.1, -0.05) is 45.0 Å². The predicted octanol–water partition coefficient (Wildman–Crippen LogP) is 5.42. The van der Waals surface area contributed by atoms with Crippen LogP contribution in [0.3, 0.4) is 0 Å². The molecule has 3 unspecified atom stereocenters. The molecule has 0 aliphatic heterocycles. The minimum Gasteiger partial charge on any atom is -0.508 e. The van der Waals surface area contributed by atoms with Crippen LogP contribution in [0.25, 0.3) is 0 Å². The van der Waals surface area contributed by atoms with Crippen LogP contribution >= 0.6 is 0 Å². The van der Waals surface area contributed by atoms with Crippen LogP contribution in [0.2, 0.25) is 0 Å². The first-order chi connectivity index (χ1) is 10.9. The summed E-state index contributed by atoms with van der Waals surface area (Å²) < 4.78 is 0. The molecule has 3 rings (SSSR count). The lowest BCUT2D eigenvalue weighted by Crippen LogP contribution is -2.35. The fraction of sp³-hybridized carbons (Fsp3) is 0.429. The van der Waals surface area contributed by atoms with E-state index in [9.17, 15) is 10.2 Å². The molecule has 2 aromatic carbocycles. The number of aromatic hydroxyl groups is 2. The summed E-state index contributed by atoms with van der Waals surface area (Å²) in [6, 6.07) is 15.4. The molecule has 0 heterocycles. The molecular weight excluding hydrogens is 284 g/mol. The quantitative estimate of drug-likeness (QED) is 0.777. The summed E-state index contributed by atoms with van der Waals surface area (Å²) in [7, 11) is 0. The van der Waals surface area contributed by atoms with Crippen LogP contribution in [0.4, 0.5) is 0 Å². The number of rotatable bonds is 2. The van der Waals surface area contributed by atoms with E-state index in [2.05, 4.69) is 45.0 Å². The van der Waals surface area contributed by atoms with E-state index in [0.29, 0.717) is 29.3 Å². The topological polar surface area (TPSA) is 40.5 Å². The van der Waals surface area contributed by atoms with E-state index in [4.69, 9.17) is 0 Å². The van der Waals surface area contributed by atoms with Gasteiger partial charge < -0.3 is 10.2 Å². The van der Waals surface area contributed by atoms with Gasteiger partial charge in [0.1, 0.15) is 11.5 Å². The van der Waals surface area contributed by atoms with Crippen molar-refractivity contribution in [2.45, 2.75) is 45.4 Å². The van der Waals surface area contributed by atoms with Crippen molar-refractivity contribution in [3.05, 3.63) is 59.7 Å². The van der Waals surface area contributed by atoms with E-state index in [0.717, 1.165) is 12.8 Å². The van der Waals surface area contributed by atoms with Crippen LogP contribution in [-0.2, 0) is 0 Å². The van der Waals surface area contributed by atoms with Crippen molar-refractivity contribution < 1.29 is 10.2 Å². The molecule has 122 valence electrons. The molecule has 1 saturated carbocycles. The maximum absolute atomic E-state index is 9.54. The summed E-state index contributed by atoms with van der Waals surface area (Å²) >= 11 is 0. The van der Waals surface area contributed by atoms with Crippen molar-refractivity contribution in [1.82, 2.24) is 0 Å². The van der Waals surface area contributed by atoms with Crippen molar-refractivity contribution in [2.75, 3.05) is 0 Å². The normalized spacial score (nSPS) is 26.8. The Morgan fingerprint density at radius 2 is 1.30 bits per heavy atom. The van der Waals surface area contributed by atoms with Crippen LogP contribution < -0.4 is 0 Å². The molecular formula is C21H26O2. The van der Waals surface area contributed by atoms with Gasteiger partial charge in [-0.15, -0.1) is 0 Å². The van der Waals surface area contributed by atoms with Crippen LogP contribution in [0, 0.1) is 11.3 Å². The lowest BCUT2D eigenvalue weighted by molar-refractivity contribution is 0.126. The van der Waals surface area contributed by atoms with E-state index < -0.39 is 0 Å². The van der Waals surface area contributed by atoms with E-state index in [1.54, 1.807) is 24.3 Å². The second-order valence-electron chi connectivity index (χ2n) is 7.76. The van der Waals surface area contributed by atoms with Crippen molar-refractivity contribution in [1.29, 1.82) is 0 Å². The highest BCUT2D eigenvalue weighted by Gasteiger charge is 2.42. The average Bonchev–Trinajstić information content (AvgIpc) is 2.48. The Bertz CT molecular complexity index is 655. The first-order valence-corrected chi connectivity index (χ1v) is 8.44. The summed E-state index contributed by atoms with van der Waals surface area (Å²) in [6.45, 7) is 7.05. The first-order valence-electron chi connectivity index (χ1n) is 8.44. The second kappa shape index (κ2) is 5.92. The lowest BCUT2D eigenvalue weighted by atomic mass is 9.58. The van der Waals surface area contributed by atoms with Gasteiger partial charge in [-0.05, 0) is 71.4 Å². The molecule has 0 spiro atoms. The Balaban J connectivity index is 1.87. The summed E-state index contributed by atoms with van der Waals surface area (Å²) in [6.07, 6.45) is 2.29. The molecule has 2 aromatic rings. The molecule has 1 aliphatic carbocycles. The van der Waals surface area contributed by atoms with Gasteiger partial charge in [-0.3, -0.25) is 0 Å². The summed E-state index contributed by atoms with van der Waals surface area (Å²) in [5.41, 5.74) is 2.84. The molecule has 2 N–H and O–H groups in total. The molecule has 1 aliphatic rings. The molecule has 0 bridgehead atoms. The first kappa shape index (κ1) is 15.9. The van der Waals surface area contributed by atoms with Gasteiger partial charge in [-0.25, -0.2) is 0 Å². The summed E-state index contributed by atoms with van der Waals surface area (Å²) in [5, 5.41) is 19.0. The molecule has 2 heteroatoms. The maximum atomic E-state index is 9.54. The predicted molar refractivity (Wildman–Crippen MR) is 93.9 cm³/mol. The molecule has 0 radical (unpaired) electrons. The van der Waals surface area contributed by atoms with E-state index in [1.165, 1.54) is 11.1 Å². The Morgan fingerprint density at radius 3 is 1.78 bits per heavy atom. The van der Waals surface area contributed by atoms with Gasteiger partial charge in [-0.2, -0.15) is 0 Å². The van der Waals surface area contributed by atoms with Gasteiger partial charge in [0, 0.05) is 0 Å². The van der Waals surface area contributed by atoms with Crippen LogP contribution in [0.1, 0.15) is 56.6 Å². The number of phenolic OH excluding ortho intramolecular Hbond substituents is 2. The Kier molecular flexibility index (Phi) is 4.09. The highest BCUT2D eigenvalue weighted by atomic mass is 16.3. The standard InChI is InChI=1S/C21H26O2/c1-14-12-17(15-4-8-18(22)9-5-15)13-21(2,3)20(14)16-6-10-19(23)11-7-16/h4-11,14,17,20,22-23H,12-13H2,1-3H3. The molecule has 3 atom stereocenters. The molecule has 2 nitrogen and oxygen atoms in total. The molecule has 0 amide bonds. The van der Waals surface area contributed by atoms with E-state index in [-0.39, 0.29) is 5.41 Å². The summed E-state index contributed by atoms with van der Waals surface area (Å²) in [4.78, 5) is 0. The molecule has 0 saturated heterocycles. The van der Waals surface area contributed by atoms with Crippen molar-refractivity contribution >= 4 is 0 Å². The zero-order valence-corrected chi connectivity index (χ0v) is 14.2. The number of hydrogen-bond acceptors (Lipinski definition) is 2. The number of hydrogen-bond donors (Lipinski definition) is 2. The second-order valence-corrected chi connectivity index (χ2v) is 7.76. The van der Waals surface area contributed by atoms with Gasteiger partial charge in [0.05, 0.1) is 0 Å². The Hall–Kier alpha value is -1.96. The zero-order valence-electron chi connectivity index (χ0n) is 14.2. The maximum Gasteiger partial charge on any atom is 0.115 e. The van der Waals surface area contributed by atoms with Gasteiger partial charge >= 0.3 is 0 Å². The minimum absolute atomic E-state index is 0.192. The van der Waals surface area contributed by atoms with Gasteiger partial charge in [0.25, 0.3) is 0 Å². The molecule has 1 fully saturated rings. The fourth-order valence-corrected chi connectivity index (χ4v) is 4.66. The Labute approximate surface area is 138 Å². The largest absolute Gasteiger partial charge is 0.508 e. The van der Waals surface area contributed by atoms with Crippen molar-refractivity contribution in [3.63, 3.8) is 0 Å². The monoisotopic (exact) mass is 310 g/mol. The van der Waals surface area contributed by atoms with Crippen molar-refractivity contribution in [2.24, 2.45) is 11.3 Å². The average molecular weight is 310 g/mol. The SMILES string of the molecule is CC1CC(c2ccc(O)cc2)CC(C)(C)C1c1ccc(O)cc1. The molecule has 0 aromatic heterocycles. The Morgan fingerprint density at radius 1 is 0.826 bits per heavy atom. The third kappa shape index (κ3) is 3.21. The lowest BCUT2D eigenvalue weighted by Gasteiger charge is -2.47. The van der Waals surface area contributed by atoms with Gasteiger partial charge in [0.2, 0.25) is 0 Å². The van der Waals surface area contributed by atoms with Crippen LogP contribution in [0.15, 0.2) is 48.5 Å². The van der Waals surface area contributed by atoms with Crippen molar-refractivity contribution in [3.8, 4) is 11.5 Å². The van der Waals surface area contributed by atoms with E-state index >= 15 is 0 Å². The molecule has 23 heavy (non-hydrogen) atoms. The van der Waals surface area contributed by atoms with Crippen LogP contribution in [0.5, 0.6) is 11.5 Å². The summed E-state index contributed by atoms with van der Waals surface area (Å²) in [5.74, 6) is 2.27. The highest BCUT2D eigenvalue weighted by Crippen LogP contribution is 2.54. The van der Waals surface area contributed by atoms with E-state index in [1.807, 2.05) is 0 Å². The number of phenols is 2. The third-order valence-corrected chi connectivity index (χ3v) is 5.46. The van der Waals surface area contributed by atoms with Gasteiger partial charge in [0.15, 0.2) is 0 Å².